The maximum Gasteiger partial charge on any atom is 0.244 e. The van der Waals surface area contributed by atoms with E-state index in [1.54, 1.807) is 11.0 Å². The first-order valence-corrected chi connectivity index (χ1v) is 7.71. The van der Waals surface area contributed by atoms with E-state index in [-0.39, 0.29) is 11.9 Å². The van der Waals surface area contributed by atoms with Crippen LogP contribution in [0.2, 0.25) is 0 Å². The fraction of sp³-hybridized carbons (Fsp3) is 0.467. The van der Waals surface area contributed by atoms with Crippen molar-refractivity contribution in [3.8, 4) is 6.07 Å². The number of hydrogen-bond donors (Lipinski definition) is 1. The van der Waals surface area contributed by atoms with Crippen molar-refractivity contribution in [2.45, 2.75) is 32.2 Å². The molecule has 1 aliphatic heterocycles. The van der Waals surface area contributed by atoms with Crippen molar-refractivity contribution in [2.75, 3.05) is 18.0 Å². The molecule has 1 aliphatic rings. The van der Waals surface area contributed by atoms with Crippen LogP contribution in [0.25, 0.3) is 0 Å². The van der Waals surface area contributed by atoms with Gasteiger partial charge in [-0.25, -0.2) is 0 Å². The molecule has 1 heterocycles. The van der Waals surface area contributed by atoms with Gasteiger partial charge in [-0.1, -0.05) is 22.9 Å². The van der Waals surface area contributed by atoms with Crippen LogP contribution in [0, 0.1) is 11.3 Å². The third-order valence-corrected chi connectivity index (χ3v) is 3.94. The van der Waals surface area contributed by atoms with Crippen molar-refractivity contribution in [2.24, 2.45) is 0 Å². The minimum atomic E-state index is -0.126. The fourth-order valence-electron chi connectivity index (χ4n) is 2.46. The highest BCUT2D eigenvalue weighted by molar-refractivity contribution is 9.10. The Balaban J connectivity index is 2.24. The lowest BCUT2D eigenvalue weighted by Crippen LogP contribution is -2.51. The zero-order valence-corrected chi connectivity index (χ0v) is 13.1. The monoisotopic (exact) mass is 335 g/mol. The van der Waals surface area contributed by atoms with Gasteiger partial charge in [0.15, 0.2) is 0 Å². The zero-order chi connectivity index (χ0) is 14.5. The van der Waals surface area contributed by atoms with Gasteiger partial charge in [0.05, 0.1) is 17.3 Å². The third-order valence-electron chi connectivity index (χ3n) is 3.45. The molecule has 1 N–H and O–H groups in total. The van der Waals surface area contributed by atoms with Gasteiger partial charge in [0.1, 0.15) is 6.07 Å². The number of rotatable bonds is 4. The third kappa shape index (κ3) is 3.20. The number of amides is 1. The second-order valence-electron chi connectivity index (χ2n) is 4.91. The van der Waals surface area contributed by atoms with E-state index in [4.69, 9.17) is 0 Å². The SMILES string of the molecule is CCCNC1CCCN(c2ccc(Br)cc2C#N)C1=O. The van der Waals surface area contributed by atoms with Crippen molar-refractivity contribution in [1.82, 2.24) is 5.32 Å². The van der Waals surface area contributed by atoms with Crippen molar-refractivity contribution >= 4 is 27.5 Å². The van der Waals surface area contributed by atoms with Gasteiger partial charge in [-0.3, -0.25) is 4.79 Å². The van der Waals surface area contributed by atoms with Crippen LogP contribution in [0.5, 0.6) is 0 Å². The van der Waals surface area contributed by atoms with Gasteiger partial charge in [-0.2, -0.15) is 5.26 Å². The van der Waals surface area contributed by atoms with Crippen LogP contribution >= 0.6 is 15.9 Å². The number of benzene rings is 1. The number of halogens is 1. The van der Waals surface area contributed by atoms with Gasteiger partial charge in [-0.05, 0) is 44.0 Å². The molecule has 5 heteroatoms. The van der Waals surface area contributed by atoms with Gasteiger partial charge in [-0.15, -0.1) is 0 Å². The lowest BCUT2D eigenvalue weighted by Gasteiger charge is -2.33. The predicted octanol–water partition coefficient (Wildman–Crippen LogP) is 2.82. The summed E-state index contributed by atoms with van der Waals surface area (Å²) in [5.74, 6) is 0.0727. The van der Waals surface area contributed by atoms with Crippen molar-refractivity contribution < 1.29 is 4.79 Å². The molecule has 1 fully saturated rings. The number of nitrogens with one attached hydrogen (secondary N) is 1. The Bertz CT molecular complexity index is 538. The highest BCUT2D eigenvalue weighted by Crippen LogP contribution is 2.27. The number of carbonyl (C=O) groups excluding carboxylic acids is 1. The van der Waals surface area contributed by atoms with Crippen LogP contribution in [-0.2, 0) is 4.79 Å². The van der Waals surface area contributed by atoms with Gasteiger partial charge in [0.25, 0.3) is 0 Å². The summed E-state index contributed by atoms with van der Waals surface area (Å²) in [6.45, 7) is 3.61. The molecule has 106 valence electrons. The maximum atomic E-state index is 12.5. The van der Waals surface area contributed by atoms with Crippen LogP contribution in [0.15, 0.2) is 22.7 Å². The van der Waals surface area contributed by atoms with Crippen LogP contribution < -0.4 is 10.2 Å². The quantitative estimate of drug-likeness (QED) is 0.920. The molecular formula is C15H18BrN3O. The average molecular weight is 336 g/mol. The van der Waals surface area contributed by atoms with Crippen molar-refractivity contribution in [1.29, 1.82) is 5.26 Å². The molecule has 1 unspecified atom stereocenters. The summed E-state index contributed by atoms with van der Waals surface area (Å²) in [4.78, 5) is 14.3. The molecule has 0 bridgehead atoms. The second-order valence-corrected chi connectivity index (χ2v) is 5.83. The van der Waals surface area contributed by atoms with Crippen LogP contribution in [0.3, 0.4) is 0 Å². The number of nitrogens with zero attached hydrogens (tertiary/aromatic N) is 2. The summed E-state index contributed by atoms with van der Waals surface area (Å²) < 4.78 is 0.850. The molecule has 0 spiro atoms. The van der Waals surface area contributed by atoms with Crippen molar-refractivity contribution in [3.05, 3.63) is 28.2 Å². The Kier molecular flexibility index (Phi) is 5.16. The summed E-state index contributed by atoms with van der Waals surface area (Å²) in [7, 11) is 0. The van der Waals surface area contributed by atoms with Crippen LogP contribution in [0.1, 0.15) is 31.7 Å². The lowest BCUT2D eigenvalue weighted by molar-refractivity contribution is -0.121. The molecule has 1 amide bonds. The minimum Gasteiger partial charge on any atom is -0.310 e. The van der Waals surface area contributed by atoms with E-state index in [9.17, 15) is 10.1 Å². The molecule has 20 heavy (non-hydrogen) atoms. The molecule has 4 nitrogen and oxygen atoms in total. The predicted molar refractivity (Wildman–Crippen MR) is 82.5 cm³/mol. The Morgan fingerprint density at radius 1 is 1.55 bits per heavy atom. The number of hydrogen-bond acceptors (Lipinski definition) is 3. The topological polar surface area (TPSA) is 56.1 Å². The van der Waals surface area contributed by atoms with Gasteiger partial charge in [0.2, 0.25) is 5.91 Å². The number of piperidine rings is 1. The Morgan fingerprint density at radius 3 is 3.05 bits per heavy atom. The summed E-state index contributed by atoms with van der Waals surface area (Å²) in [5, 5.41) is 12.5. The van der Waals surface area contributed by atoms with E-state index in [0.717, 1.165) is 30.3 Å². The largest absolute Gasteiger partial charge is 0.310 e. The highest BCUT2D eigenvalue weighted by atomic mass is 79.9. The number of carbonyl (C=O) groups is 1. The van der Waals surface area contributed by atoms with E-state index in [2.05, 4.69) is 34.2 Å². The number of anilines is 1. The molecule has 1 aromatic rings. The molecule has 0 saturated carbocycles. The molecule has 1 atom stereocenters. The fourth-order valence-corrected chi connectivity index (χ4v) is 2.82. The normalized spacial score (nSPS) is 18.9. The van der Waals surface area contributed by atoms with E-state index in [0.29, 0.717) is 17.8 Å². The lowest BCUT2D eigenvalue weighted by atomic mass is 10.0. The average Bonchev–Trinajstić information content (AvgIpc) is 2.46. The van der Waals surface area contributed by atoms with E-state index in [1.807, 2.05) is 12.1 Å². The van der Waals surface area contributed by atoms with Gasteiger partial charge >= 0.3 is 0 Å². The molecule has 1 saturated heterocycles. The standard InChI is InChI=1S/C15H18BrN3O/c1-2-7-18-13-4-3-8-19(15(13)20)14-6-5-12(16)9-11(14)10-17/h5-6,9,13,18H,2-4,7-8H2,1H3. The minimum absolute atomic E-state index is 0.0727. The Morgan fingerprint density at radius 2 is 2.35 bits per heavy atom. The summed E-state index contributed by atoms with van der Waals surface area (Å²) in [6.07, 6.45) is 2.83. The van der Waals surface area contributed by atoms with Crippen molar-refractivity contribution in [3.63, 3.8) is 0 Å². The first-order chi connectivity index (χ1) is 9.67. The van der Waals surface area contributed by atoms with E-state index >= 15 is 0 Å². The zero-order valence-electron chi connectivity index (χ0n) is 11.5. The maximum absolute atomic E-state index is 12.5. The molecule has 0 radical (unpaired) electrons. The summed E-state index contributed by atoms with van der Waals surface area (Å²) >= 11 is 3.36. The van der Waals surface area contributed by atoms with E-state index < -0.39 is 0 Å². The Hall–Kier alpha value is -1.38. The van der Waals surface area contributed by atoms with Gasteiger partial charge in [0, 0.05) is 11.0 Å². The smallest absolute Gasteiger partial charge is 0.244 e. The van der Waals surface area contributed by atoms with Crippen LogP contribution in [0.4, 0.5) is 5.69 Å². The first-order valence-electron chi connectivity index (χ1n) is 6.91. The van der Waals surface area contributed by atoms with Crippen LogP contribution in [-0.4, -0.2) is 25.0 Å². The Labute approximate surface area is 127 Å². The second kappa shape index (κ2) is 6.87. The first kappa shape index (κ1) is 15.0. The summed E-state index contributed by atoms with van der Waals surface area (Å²) in [6, 6.07) is 7.50. The summed E-state index contributed by atoms with van der Waals surface area (Å²) in [5.41, 5.74) is 1.24. The highest BCUT2D eigenvalue weighted by Gasteiger charge is 2.30. The molecular weight excluding hydrogens is 318 g/mol. The molecule has 0 aromatic heterocycles. The van der Waals surface area contributed by atoms with Gasteiger partial charge < -0.3 is 10.2 Å². The molecule has 0 aliphatic carbocycles. The molecule has 1 aromatic carbocycles. The number of nitriles is 1. The van der Waals surface area contributed by atoms with E-state index in [1.165, 1.54) is 0 Å². The molecule has 2 rings (SSSR count).